The molecular formula is C14H21N3O. The van der Waals surface area contributed by atoms with E-state index in [2.05, 4.69) is 48.2 Å². The van der Waals surface area contributed by atoms with Gasteiger partial charge in [-0.05, 0) is 45.6 Å². The monoisotopic (exact) mass is 247 g/mol. The van der Waals surface area contributed by atoms with Crippen LogP contribution in [0.1, 0.15) is 19.4 Å². The topological polar surface area (TPSA) is 41.3 Å². The summed E-state index contributed by atoms with van der Waals surface area (Å²) in [4.78, 5) is 6.42. The maximum absolute atomic E-state index is 5.32. The number of hydrogen-bond acceptors (Lipinski definition) is 4. The van der Waals surface area contributed by atoms with Crippen molar-refractivity contribution in [3.05, 3.63) is 30.2 Å². The van der Waals surface area contributed by atoms with Crippen LogP contribution in [0.2, 0.25) is 0 Å². The summed E-state index contributed by atoms with van der Waals surface area (Å²) >= 11 is 0. The van der Waals surface area contributed by atoms with Crippen LogP contribution in [0.25, 0.3) is 11.1 Å². The summed E-state index contributed by atoms with van der Waals surface area (Å²) in [5, 5.41) is 3.31. The second-order valence-corrected chi connectivity index (χ2v) is 5.46. The Balaban J connectivity index is 2.04. The zero-order valence-electron chi connectivity index (χ0n) is 11.5. The molecule has 0 saturated heterocycles. The van der Waals surface area contributed by atoms with Crippen LogP contribution >= 0.6 is 0 Å². The number of likely N-dealkylation sites (N-methyl/N-ethyl adjacent to an activating group) is 2. The van der Waals surface area contributed by atoms with Gasteiger partial charge in [0.15, 0.2) is 12.0 Å². The maximum atomic E-state index is 5.32. The highest BCUT2D eigenvalue weighted by Crippen LogP contribution is 2.16. The predicted molar refractivity (Wildman–Crippen MR) is 73.5 cm³/mol. The Morgan fingerprint density at radius 2 is 2.17 bits per heavy atom. The number of fused-ring (bicyclic) bond motifs is 1. The summed E-state index contributed by atoms with van der Waals surface area (Å²) in [6.07, 6.45) is 1.49. The molecule has 98 valence electrons. The van der Waals surface area contributed by atoms with Crippen LogP contribution in [0.5, 0.6) is 0 Å². The number of nitrogens with zero attached hydrogens (tertiary/aromatic N) is 2. The molecule has 1 aromatic carbocycles. The van der Waals surface area contributed by atoms with Crippen molar-refractivity contribution < 1.29 is 4.42 Å². The van der Waals surface area contributed by atoms with Crippen molar-refractivity contribution in [3.8, 4) is 0 Å². The van der Waals surface area contributed by atoms with Crippen LogP contribution in [-0.2, 0) is 6.54 Å². The van der Waals surface area contributed by atoms with Gasteiger partial charge in [-0.3, -0.25) is 0 Å². The molecule has 0 bridgehead atoms. The van der Waals surface area contributed by atoms with Crippen LogP contribution in [0.4, 0.5) is 0 Å². The number of rotatable bonds is 5. The second-order valence-electron chi connectivity index (χ2n) is 5.46. The molecule has 0 unspecified atom stereocenters. The summed E-state index contributed by atoms with van der Waals surface area (Å²) in [6.45, 7) is 6.28. The smallest absolute Gasteiger partial charge is 0.181 e. The first kappa shape index (κ1) is 13.1. The van der Waals surface area contributed by atoms with Gasteiger partial charge in [-0.25, -0.2) is 4.98 Å². The number of aromatic nitrogens is 1. The largest absolute Gasteiger partial charge is 0.443 e. The number of oxazole rings is 1. The first-order chi connectivity index (χ1) is 8.50. The Bertz CT molecular complexity index is 518. The normalized spacial score (nSPS) is 12.5. The van der Waals surface area contributed by atoms with Gasteiger partial charge in [-0.15, -0.1) is 0 Å². The molecule has 2 aromatic rings. The van der Waals surface area contributed by atoms with Crippen molar-refractivity contribution in [3.63, 3.8) is 0 Å². The van der Waals surface area contributed by atoms with Gasteiger partial charge < -0.3 is 14.6 Å². The van der Waals surface area contributed by atoms with Gasteiger partial charge in [0.1, 0.15) is 5.52 Å². The number of nitrogens with one attached hydrogen (secondary N) is 1. The highest BCUT2D eigenvalue weighted by molar-refractivity contribution is 5.72. The van der Waals surface area contributed by atoms with Crippen molar-refractivity contribution in [2.45, 2.75) is 25.9 Å². The molecule has 18 heavy (non-hydrogen) atoms. The van der Waals surface area contributed by atoms with Crippen molar-refractivity contribution >= 4 is 11.1 Å². The standard InChI is InChI=1S/C14H21N3O/c1-14(2,15-3)9-17(4)8-11-5-6-12-13(7-11)18-10-16-12/h5-7,10,15H,8-9H2,1-4H3. The van der Waals surface area contributed by atoms with E-state index in [1.165, 1.54) is 12.0 Å². The van der Waals surface area contributed by atoms with E-state index in [4.69, 9.17) is 4.42 Å². The zero-order valence-corrected chi connectivity index (χ0v) is 11.5. The second kappa shape index (κ2) is 5.08. The minimum atomic E-state index is 0.116. The van der Waals surface area contributed by atoms with E-state index in [-0.39, 0.29) is 5.54 Å². The first-order valence-corrected chi connectivity index (χ1v) is 6.20. The van der Waals surface area contributed by atoms with Gasteiger partial charge in [-0.1, -0.05) is 6.07 Å². The zero-order chi connectivity index (χ0) is 13.2. The van der Waals surface area contributed by atoms with Crippen molar-refractivity contribution in [1.82, 2.24) is 15.2 Å². The van der Waals surface area contributed by atoms with Gasteiger partial charge in [0, 0.05) is 18.6 Å². The Morgan fingerprint density at radius 1 is 1.39 bits per heavy atom. The van der Waals surface area contributed by atoms with E-state index in [0.29, 0.717) is 0 Å². The van der Waals surface area contributed by atoms with E-state index in [1.807, 2.05) is 13.1 Å². The molecule has 0 aliphatic carbocycles. The first-order valence-electron chi connectivity index (χ1n) is 6.20. The van der Waals surface area contributed by atoms with Crippen LogP contribution < -0.4 is 5.32 Å². The van der Waals surface area contributed by atoms with E-state index in [1.54, 1.807) is 0 Å². The lowest BCUT2D eigenvalue weighted by Crippen LogP contribution is -2.46. The predicted octanol–water partition coefficient (Wildman–Crippen LogP) is 2.26. The highest BCUT2D eigenvalue weighted by Gasteiger charge is 2.17. The van der Waals surface area contributed by atoms with Crippen molar-refractivity contribution in [2.75, 3.05) is 20.6 Å². The minimum absolute atomic E-state index is 0.116. The van der Waals surface area contributed by atoms with Crippen molar-refractivity contribution in [1.29, 1.82) is 0 Å². The molecular weight excluding hydrogens is 226 g/mol. The maximum Gasteiger partial charge on any atom is 0.181 e. The van der Waals surface area contributed by atoms with Gasteiger partial charge >= 0.3 is 0 Å². The molecule has 0 amide bonds. The third kappa shape index (κ3) is 3.09. The van der Waals surface area contributed by atoms with Crippen LogP contribution in [0.3, 0.4) is 0 Å². The Hall–Kier alpha value is -1.39. The van der Waals surface area contributed by atoms with E-state index in [9.17, 15) is 0 Å². The molecule has 0 saturated carbocycles. The molecule has 0 fully saturated rings. The summed E-state index contributed by atoms with van der Waals surface area (Å²) in [5.41, 5.74) is 3.13. The Morgan fingerprint density at radius 3 is 2.89 bits per heavy atom. The van der Waals surface area contributed by atoms with E-state index in [0.717, 1.165) is 24.2 Å². The number of hydrogen-bond donors (Lipinski definition) is 1. The lowest BCUT2D eigenvalue weighted by atomic mass is 10.1. The van der Waals surface area contributed by atoms with Crippen LogP contribution in [-0.4, -0.2) is 36.1 Å². The van der Waals surface area contributed by atoms with Crippen LogP contribution in [0, 0.1) is 0 Å². The highest BCUT2D eigenvalue weighted by atomic mass is 16.3. The van der Waals surface area contributed by atoms with E-state index >= 15 is 0 Å². The molecule has 4 heteroatoms. The lowest BCUT2D eigenvalue weighted by molar-refractivity contribution is 0.238. The molecule has 1 N–H and O–H groups in total. The molecule has 0 spiro atoms. The summed E-state index contributed by atoms with van der Waals surface area (Å²) < 4.78 is 5.32. The summed E-state index contributed by atoms with van der Waals surface area (Å²) in [7, 11) is 4.12. The third-order valence-electron chi connectivity index (χ3n) is 3.19. The minimum Gasteiger partial charge on any atom is -0.443 e. The molecule has 1 aromatic heterocycles. The van der Waals surface area contributed by atoms with Gasteiger partial charge in [-0.2, -0.15) is 0 Å². The Labute approximate surface area is 108 Å². The summed E-state index contributed by atoms with van der Waals surface area (Å²) in [5.74, 6) is 0. The van der Waals surface area contributed by atoms with Gasteiger partial charge in [0.05, 0.1) is 0 Å². The molecule has 1 heterocycles. The molecule has 0 aliphatic heterocycles. The Kier molecular flexibility index (Phi) is 3.68. The fraction of sp³-hybridized carbons (Fsp3) is 0.500. The lowest BCUT2D eigenvalue weighted by Gasteiger charge is -2.30. The van der Waals surface area contributed by atoms with Crippen molar-refractivity contribution in [2.24, 2.45) is 0 Å². The quantitative estimate of drug-likeness (QED) is 0.880. The van der Waals surface area contributed by atoms with E-state index < -0.39 is 0 Å². The molecule has 2 rings (SSSR count). The molecule has 0 aliphatic rings. The average molecular weight is 247 g/mol. The van der Waals surface area contributed by atoms with Crippen LogP contribution in [0.15, 0.2) is 29.0 Å². The number of benzene rings is 1. The molecule has 0 atom stereocenters. The SMILES string of the molecule is CNC(C)(C)CN(C)Cc1ccc2ncoc2c1. The summed E-state index contributed by atoms with van der Waals surface area (Å²) in [6, 6.07) is 6.17. The fourth-order valence-electron chi connectivity index (χ4n) is 2.12. The average Bonchev–Trinajstić information content (AvgIpc) is 2.75. The molecule has 4 nitrogen and oxygen atoms in total. The van der Waals surface area contributed by atoms with Gasteiger partial charge in [0.25, 0.3) is 0 Å². The molecule has 0 radical (unpaired) electrons. The third-order valence-corrected chi connectivity index (χ3v) is 3.19. The van der Waals surface area contributed by atoms with Gasteiger partial charge in [0.2, 0.25) is 0 Å². The fourth-order valence-corrected chi connectivity index (χ4v) is 2.12.